The number of aryl methyl sites for hydroxylation is 3. The van der Waals surface area contributed by atoms with Crippen LogP contribution in [0.25, 0.3) is 11.3 Å². The van der Waals surface area contributed by atoms with Crippen LogP contribution in [0.5, 0.6) is 0 Å². The Balaban J connectivity index is 2.00. The van der Waals surface area contributed by atoms with Gasteiger partial charge in [0.1, 0.15) is 5.82 Å². The number of pyridine rings is 1. The van der Waals surface area contributed by atoms with Gasteiger partial charge in [0.2, 0.25) is 0 Å². The zero-order chi connectivity index (χ0) is 18.0. The lowest BCUT2D eigenvalue weighted by Gasteiger charge is -2.12. The number of hydrogen-bond acceptors (Lipinski definition) is 3. The predicted octanol–water partition coefficient (Wildman–Crippen LogP) is 4.47. The smallest absolute Gasteiger partial charge is 0.263 e. The highest BCUT2D eigenvalue weighted by Crippen LogP contribution is 2.26. The Morgan fingerprint density at radius 1 is 0.840 bits per heavy atom. The molecule has 0 unspecified atom stereocenters. The zero-order valence-electron chi connectivity index (χ0n) is 14.4. The topological polar surface area (TPSA) is 59.1 Å². The summed E-state index contributed by atoms with van der Waals surface area (Å²) >= 11 is 0. The van der Waals surface area contributed by atoms with Gasteiger partial charge in [-0.3, -0.25) is 4.72 Å². The van der Waals surface area contributed by atoms with Crippen LogP contribution in [0.2, 0.25) is 0 Å². The van der Waals surface area contributed by atoms with E-state index in [9.17, 15) is 8.42 Å². The summed E-state index contributed by atoms with van der Waals surface area (Å²) in [6, 6.07) is 18.0. The van der Waals surface area contributed by atoms with Crippen LogP contribution in [0.3, 0.4) is 0 Å². The molecule has 0 bridgehead atoms. The van der Waals surface area contributed by atoms with E-state index in [1.807, 2.05) is 26.8 Å². The Kier molecular flexibility index (Phi) is 4.59. The number of rotatable bonds is 4. The third-order valence-corrected chi connectivity index (χ3v) is 5.26. The van der Waals surface area contributed by atoms with Crippen LogP contribution in [0.4, 0.5) is 5.82 Å². The maximum Gasteiger partial charge on any atom is 0.263 e. The molecule has 25 heavy (non-hydrogen) atoms. The molecule has 0 amide bonds. The molecule has 0 spiro atoms. The van der Waals surface area contributed by atoms with Gasteiger partial charge in [0, 0.05) is 5.56 Å². The second-order valence-corrected chi connectivity index (χ2v) is 7.84. The number of sulfonamides is 1. The van der Waals surface area contributed by atoms with Crippen molar-refractivity contribution in [3.63, 3.8) is 0 Å². The van der Waals surface area contributed by atoms with E-state index in [0.29, 0.717) is 5.82 Å². The molecule has 2 aromatic carbocycles. The molecular formula is C20H20N2O2S. The van der Waals surface area contributed by atoms with Crippen LogP contribution in [0.15, 0.2) is 65.6 Å². The molecule has 0 fully saturated rings. The molecule has 3 aromatic rings. The first kappa shape index (κ1) is 17.2. The van der Waals surface area contributed by atoms with E-state index in [0.717, 1.165) is 27.9 Å². The van der Waals surface area contributed by atoms with Gasteiger partial charge in [-0.1, -0.05) is 41.5 Å². The van der Waals surface area contributed by atoms with Crippen LogP contribution in [-0.2, 0) is 10.0 Å². The quantitative estimate of drug-likeness (QED) is 0.753. The molecule has 4 nitrogen and oxygen atoms in total. The van der Waals surface area contributed by atoms with E-state index in [2.05, 4.69) is 27.9 Å². The first-order valence-electron chi connectivity index (χ1n) is 7.99. The van der Waals surface area contributed by atoms with Crippen molar-refractivity contribution in [3.05, 3.63) is 77.4 Å². The summed E-state index contributed by atoms with van der Waals surface area (Å²) in [7, 11) is -3.65. The van der Waals surface area contributed by atoms with Gasteiger partial charge >= 0.3 is 0 Å². The van der Waals surface area contributed by atoms with Crippen LogP contribution >= 0.6 is 0 Å². The second kappa shape index (κ2) is 6.69. The molecule has 1 aromatic heterocycles. The van der Waals surface area contributed by atoms with Gasteiger partial charge < -0.3 is 0 Å². The summed E-state index contributed by atoms with van der Waals surface area (Å²) in [5.41, 5.74) is 5.04. The highest BCUT2D eigenvalue weighted by Gasteiger charge is 2.15. The molecule has 0 aliphatic heterocycles. The summed E-state index contributed by atoms with van der Waals surface area (Å²) in [5.74, 6) is 0.309. The molecule has 0 saturated heterocycles. The predicted molar refractivity (Wildman–Crippen MR) is 101 cm³/mol. The van der Waals surface area contributed by atoms with Crippen molar-refractivity contribution in [3.8, 4) is 11.3 Å². The lowest BCUT2D eigenvalue weighted by Crippen LogP contribution is -2.14. The average Bonchev–Trinajstić information content (AvgIpc) is 2.56. The van der Waals surface area contributed by atoms with Gasteiger partial charge in [0.25, 0.3) is 10.0 Å². The standard InChI is InChI=1S/C20H20N2O2S/c1-14-11-15(2)13-17(12-14)20-16(3)9-10-19(21-20)22-25(23,24)18-7-5-4-6-8-18/h4-13H,1-3H3,(H,21,22). The van der Waals surface area contributed by atoms with E-state index in [4.69, 9.17) is 0 Å². The molecule has 0 aliphatic carbocycles. The molecule has 0 atom stereocenters. The minimum atomic E-state index is -3.65. The summed E-state index contributed by atoms with van der Waals surface area (Å²) < 4.78 is 27.5. The molecule has 1 heterocycles. The SMILES string of the molecule is Cc1cc(C)cc(-c2nc(NS(=O)(=O)c3ccccc3)ccc2C)c1. The molecule has 128 valence electrons. The first-order valence-corrected chi connectivity index (χ1v) is 9.48. The zero-order valence-corrected chi connectivity index (χ0v) is 15.3. The molecular weight excluding hydrogens is 332 g/mol. The van der Waals surface area contributed by atoms with Gasteiger partial charge in [-0.15, -0.1) is 0 Å². The number of benzene rings is 2. The fraction of sp³-hybridized carbons (Fsp3) is 0.150. The largest absolute Gasteiger partial charge is 0.263 e. The Bertz CT molecular complexity index is 993. The summed E-state index contributed by atoms with van der Waals surface area (Å²) in [6.45, 7) is 6.04. The van der Waals surface area contributed by atoms with Gasteiger partial charge in [-0.2, -0.15) is 0 Å². The number of anilines is 1. The Labute approximate surface area is 148 Å². The van der Waals surface area contributed by atoms with Crippen molar-refractivity contribution < 1.29 is 8.42 Å². The normalized spacial score (nSPS) is 11.3. The number of nitrogens with one attached hydrogen (secondary N) is 1. The van der Waals surface area contributed by atoms with E-state index in [-0.39, 0.29) is 4.90 Å². The van der Waals surface area contributed by atoms with Crippen molar-refractivity contribution in [1.29, 1.82) is 0 Å². The van der Waals surface area contributed by atoms with Crippen LogP contribution < -0.4 is 4.72 Å². The number of aromatic nitrogens is 1. The van der Waals surface area contributed by atoms with E-state index >= 15 is 0 Å². The highest BCUT2D eigenvalue weighted by molar-refractivity contribution is 7.92. The lowest BCUT2D eigenvalue weighted by molar-refractivity contribution is 0.601. The highest BCUT2D eigenvalue weighted by atomic mass is 32.2. The van der Waals surface area contributed by atoms with Crippen molar-refractivity contribution in [2.24, 2.45) is 0 Å². The third-order valence-electron chi connectivity index (χ3n) is 3.88. The van der Waals surface area contributed by atoms with Gasteiger partial charge in [0.15, 0.2) is 0 Å². The summed E-state index contributed by atoms with van der Waals surface area (Å²) in [4.78, 5) is 4.76. The fourth-order valence-corrected chi connectivity index (χ4v) is 3.81. The van der Waals surface area contributed by atoms with Crippen molar-refractivity contribution in [2.75, 3.05) is 4.72 Å². The second-order valence-electron chi connectivity index (χ2n) is 6.16. The van der Waals surface area contributed by atoms with E-state index in [1.165, 1.54) is 0 Å². The fourth-order valence-electron chi connectivity index (χ4n) is 2.79. The first-order chi connectivity index (χ1) is 11.8. The minimum absolute atomic E-state index is 0.213. The maximum absolute atomic E-state index is 12.5. The molecule has 0 saturated carbocycles. The maximum atomic E-state index is 12.5. The molecule has 5 heteroatoms. The Hall–Kier alpha value is -2.66. The lowest BCUT2D eigenvalue weighted by atomic mass is 10.0. The number of hydrogen-bond donors (Lipinski definition) is 1. The van der Waals surface area contributed by atoms with Crippen LogP contribution in [-0.4, -0.2) is 13.4 Å². The van der Waals surface area contributed by atoms with E-state index in [1.54, 1.807) is 36.4 Å². The molecule has 0 aliphatic rings. The van der Waals surface area contributed by atoms with Crippen LogP contribution in [0, 0.1) is 20.8 Å². The molecule has 3 rings (SSSR count). The average molecular weight is 352 g/mol. The van der Waals surface area contributed by atoms with Gasteiger partial charge in [-0.25, -0.2) is 13.4 Å². The van der Waals surface area contributed by atoms with Crippen molar-refractivity contribution in [1.82, 2.24) is 4.98 Å². The van der Waals surface area contributed by atoms with Gasteiger partial charge in [-0.05, 0) is 56.7 Å². The third kappa shape index (κ3) is 3.88. The van der Waals surface area contributed by atoms with Crippen molar-refractivity contribution >= 4 is 15.8 Å². The number of nitrogens with zero attached hydrogens (tertiary/aromatic N) is 1. The Morgan fingerprint density at radius 3 is 2.12 bits per heavy atom. The molecule has 1 N–H and O–H groups in total. The Morgan fingerprint density at radius 2 is 1.48 bits per heavy atom. The minimum Gasteiger partial charge on any atom is -0.263 e. The summed E-state index contributed by atoms with van der Waals surface area (Å²) in [5, 5.41) is 0. The van der Waals surface area contributed by atoms with Gasteiger partial charge in [0.05, 0.1) is 10.6 Å². The molecule has 0 radical (unpaired) electrons. The van der Waals surface area contributed by atoms with Crippen LogP contribution in [0.1, 0.15) is 16.7 Å². The van der Waals surface area contributed by atoms with Crippen molar-refractivity contribution in [2.45, 2.75) is 25.7 Å². The summed E-state index contributed by atoms with van der Waals surface area (Å²) in [6.07, 6.45) is 0. The van der Waals surface area contributed by atoms with E-state index < -0.39 is 10.0 Å². The monoisotopic (exact) mass is 352 g/mol.